The fourth-order valence-electron chi connectivity index (χ4n) is 2.67. The zero-order chi connectivity index (χ0) is 12.7. The van der Waals surface area contributed by atoms with Gasteiger partial charge in [-0.3, -0.25) is 0 Å². The molecule has 19 heavy (non-hydrogen) atoms. The molecule has 96 valence electrons. The number of hydrogen-bond acceptors (Lipinski definition) is 0. The van der Waals surface area contributed by atoms with Crippen LogP contribution in [0.1, 0.15) is 32.0 Å². The number of allylic oxidation sites excluding steroid dienone is 2. The Morgan fingerprint density at radius 1 is 0.632 bits per heavy atom. The predicted octanol–water partition coefficient (Wildman–Crippen LogP) is 4.61. The third-order valence-corrected chi connectivity index (χ3v) is 5.34. The normalized spacial score (nSPS) is 22.7. The molecular weight excluding hydrogens is 275 g/mol. The fraction of sp³-hybridized carbons (Fsp3) is 0.111. The van der Waals surface area contributed by atoms with Crippen molar-refractivity contribution in [2.24, 2.45) is 0 Å². The van der Waals surface area contributed by atoms with Gasteiger partial charge in [0.2, 0.25) is 0 Å². The van der Waals surface area contributed by atoms with E-state index in [0.29, 0.717) is 9.78 Å². The van der Waals surface area contributed by atoms with Crippen molar-refractivity contribution in [3.8, 4) is 0 Å². The van der Waals surface area contributed by atoms with Gasteiger partial charge in [-0.2, -0.15) is 0 Å². The number of fused-ring (bicyclic) bond motifs is 2. The third-order valence-electron chi connectivity index (χ3n) is 3.64. The summed E-state index contributed by atoms with van der Waals surface area (Å²) in [5.41, 5.74) is 5.67. The topological polar surface area (TPSA) is 0 Å². The summed E-state index contributed by atoms with van der Waals surface area (Å²) in [4.78, 5) is 1.01. The molecule has 2 aliphatic carbocycles. The van der Waals surface area contributed by atoms with Gasteiger partial charge in [-0.05, 0) is 0 Å². The van der Waals surface area contributed by atoms with Crippen LogP contribution in [-0.4, -0.2) is 0 Å². The van der Waals surface area contributed by atoms with Crippen molar-refractivity contribution in [3.05, 3.63) is 82.9 Å². The Bertz CT molecular complexity index is 622. The maximum atomic E-state index is 2.33. The predicted molar refractivity (Wildman–Crippen MR) is 76.4 cm³/mol. The van der Waals surface area contributed by atoms with Gasteiger partial charge in [-0.25, -0.2) is 0 Å². The Labute approximate surface area is 119 Å². The van der Waals surface area contributed by atoms with Gasteiger partial charge in [0.25, 0.3) is 0 Å². The van der Waals surface area contributed by atoms with Crippen LogP contribution in [-0.2, 0) is 14.4 Å². The van der Waals surface area contributed by atoms with Gasteiger partial charge >= 0.3 is 119 Å². The van der Waals surface area contributed by atoms with Gasteiger partial charge < -0.3 is 0 Å². The molecule has 0 fully saturated rings. The van der Waals surface area contributed by atoms with E-state index < -0.39 is 0 Å². The third kappa shape index (κ3) is 1.90. The van der Waals surface area contributed by atoms with Crippen molar-refractivity contribution < 1.29 is 14.4 Å². The van der Waals surface area contributed by atoms with Crippen LogP contribution in [0.15, 0.2) is 60.7 Å². The molecule has 0 saturated heterocycles. The first kappa shape index (κ1) is 11.3. The van der Waals surface area contributed by atoms with Crippen LogP contribution < -0.4 is 0 Å². The first-order valence-electron chi connectivity index (χ1n) is 6.51. The van der Waals surface area contributed by atoms with Gasteiger partial charge in [0, 0.05) is 0 Å². The summed E-state index contributed by atoms with van der Waals surface area (Å²) in [7, 11) is 0. The number of rotatable bonds is 2. The summed E-state index contributed by atoms with van der Waals surface area (Å²) in [6, 6.07) is 17.4. The van der Waals surface area contributed by atoms with E-state index in [-0.39, 0.29) is 0 Å². The molecule has 2 aliphatic rings. The molecule has 0 N–H and O–H groups in total. The molecule has 2 aromatic carbocycles. The van der Waals surface area contributed by atoms with Crippen molar-refractivity contribution in [1.29, 1.82) is 0 Å². The Hall–Kier alpha value is -1.59. The Morgan fingerprint density at radius 3 is 1.63 bits per heavy atom. The van der Waals surface area contributed by atoms with E-state index in [1.807, 2.05) is 14.4 Å². The van der Waals surface area contributed by atoms with Crippen LogP contribution >= 0.6 is 0 Å². The van der Waals surface area contributed by atoms with Crippen molar-refractivity contribution in [3.63, 3.8) is 0 Å². The molecule has 2 unspecified atom stereocenters. The van der Waals surface area contributed by atoms with Crippen molar-refractivity contribution in [2.75, 3.05) is 0 Å². The summed E-state index contributed by atoms with van der Waals surface area (Å²) in [5.74, 6) is 0. The van der Waals surface area contributed by atoms with Crippen molar-refractivity contribution in [1.82, 2.24) is 0 Å². The van der Waals surface area contributed by atoms with E-state index in [1.165, 1.54) is 22.3 Å². The molecule has 1 heteroatoms. The van der Waals surface area contributed by atoms with Crippen LogP contribution in [0.3, 0.4) is 0 Å². The molecule has 0 nitrogen and oxygen atoms in total. The van der Waals surface area contributed by atoms with E-state index in [9.17, 15) is 0 Å². The van der Waals surface area contributed by atoms with Crippen molar-refractivity contribution >= 4 is 12.2 Å². The van der Waals surface area contributed by atoms with Crippen LogP contribution in [0, 0.1) is 0 Å². The molecule has 0 saturated carbocycles. The van der Waals surface area contributed by atoms with E-state index in [2.05, 4.69) is 72.8 Å². The van der Waals surface area contributed by atoms with E-state index in [4.69, 9.17) is 0 Å². The summed E-state index contributed by atoms with van der Waals surface area (Å²) in [6.45, 7) is 0. The number of benzene rings is 2. The zero-order valence-electron chi connectivity index (χ0n) is 10.4. The van der Waals surface area contributed by atoms with Gasteiger partial charge in [0.15, 0.2) is 0 Å². The molecular formula is C18H14Ni. The van der Waals surface area contributed by atoms with Gasteiger partial charge in [-0.1, -0.05) is 0 Å². The van der Waals surface area contributed by atoms with Crippen LogP contribution in [0.2, 0.25) is 0 Å². The molecule has 0 amide bonds. The van der Waals surface area contributed by atoms with Gasteiger partial charge in [0.05, 0.1) is 0 Å². The molecule has 0 aromatic heterocycles. The molecule has 0 bridgehead atoms. The van der Waals surface area contributed by atoms with E-state index >= 15 is 0 Å². The monoisotopic (exact) mass is 288 g/mol. The summed E-state index contributed by atoms with van der Waals surface area (Å²) in [5, 5.41) is 0. The fourth-order valence-corrected chi connectivity index (χ4v) is 4.34. The average molecular weight is 289 g/mol. The Kier molecular flexibility index (Phi) is 2.67. The molecule has 4 rings (SSSR count). The SMILES string of the molecule is C1=C[CH]([Ni][CH]2C=Cc3ccccc32)c2ccccc21. The first-order chi connectivity index (χ1) is 9.42. The van der Waals surface area contributed by atoms with Crippen LogP contribution in [0.5, 0.6) is 0 Å². The van der Waals surface area contributed by atoms with Crippen LogP contribution in [0.4, 0.5) is 0 Å². The molecule has 0 radical (unpaired) electrons. The molecule has 2 atom stereocenters. The summed E-state index contributed by atoms with van der Waals surface area (Å²) < 4.78 is 0. The standard InChI is InChI=1S/2C9H7.Ni/c2*1-2-5-9-7-3-6-8(9)4-1;/h2*1-7H;. The van der Waals surface area contributed by atoms with Gasteiger partial charge in [0.1, 0.15) is 0 Å². The molecule has 2 aromatic rings. The molecule has 0 spiro atoms. The molecule has 0 aliphatic heterocycles. The first-order valence-corrected chi connectivity index (χ1v) is 7.65. The minimum atomic E-state index is 0.504. The average Bonchev–Trinajstić information content (AvgIpc) is 3.05. The van der Waals surface area contributed by atoms with Crippen molar-refractivity contribution in [2.45, 2.75) is 9.78 Å². The van der Waals surface area contributed by atoms with E-state index in [1.54, 1.807) is 0 Å². The second-order valence-corrected chi connectivity index (χ2v) is 6.37. The second-order valence-electron chi connectivity index (χ2n) is 4.81. The number of hydrogen-bond donors (Lipinski definition) is 0. The Morgan fingerprint density at radius 2 is 1.11 bits per heavy atom. The van der Waals surface area contributed by atoms with E-state index in [0.717, 1.165) is 0 Å². The minimum absolute atomic E-state index is 0.504. The van der Waals surface area contributed by atoms with Crippen LogP contribution in [0.25, 0.3) is 12.2 Å². The zero-order valence-corrected chi connectivity index (χ0v) is 11.4. The Balaban J connectivity index is 1.62. The quantitative estimate of drug-likeness (QED) is 0.708. The van der Waals surface area contributed by atoms with Gasteiger partial charge in [-0.15, -0.1) is 0 Å². The summed E-state index contributed by atoms with van der Waals surface area (Å²) >= 11 is 1.82. The maximum absolute atomic E-state index is 2.33. The molecule has 0 heterocycles. The summed E-state index contributed by atoms with van der Waals surface area (Å²) in [6.07, 6.45) is 9.17. The second kappa shape index (κ2) is 4.51.